The van der Waals surface area contributed by atoms with Crippen LogP contribution >= 0.6 is 0 Å². The molecule has 0 aliphatic carbocycles. The maximum atomic E-state index is 12.7. The molecular weight excluding hydrogens is 335 g/mol. The Morgan fingerprint density at radius 2 is 2.24 bits per heavy atom. The number of hydrogen-bond acceptors (Lipinski definition) is 3. The molecule has 0 aromatic carbocycles. The smallest absolute Gasteiger partial charge is 0.345 e. The molecule has 0 bridgehead atoms. The van der Waals surface area contributed by atoms with Crippen LogP contribution in [0.4, 0.5) is 13.2 Å². The maximum absolute atomic E-state index is 12.7. The Morgan fingerprint density at radius 1 is 1.48 bits per heavy atom. The molecule has 2 aromatic rings. The maximum Gasteiger partial charge on any atom is 0.432 e. The van der Waals surface area contributed by atoms with Crippen LogP contribution in [0, 0.1) is 11.3 Å². The minimum atomic E-state index is -4.47. The van der Waals surface area contributed by atoms with Crippen molar-refractivity contribution in [2.45, 2.75) is 24.9 Å². The molecule has 1 aliphatic rings. The standard InChI is InChI=1S/C16H16F3N5O/c1-23-8-10(6-20)5-12(23)15(25)24-4-2-3-11(9-24)14-21-7-13(22-14)16(17,18)19/h5,7-8,11H,2-4,9H2,1H3,(H,21,22)/t11-/m0/s1. The van der Waals surface area contributed by atoms with E-state index in [-0.39, 0.29) is 24.2 Å². The molecule has 0 unspecified atom stereocenters. The zero-order valence-electron chi connectivity index (χ0n) is 13.5. The summed E-state index contributed by atoms with van der Waals surface area (Å²) in [4.78, 5) is 20.4. The molecule has 2 aromatic heterocycles. The Morgan fingerprint density at radius 3 is 2.84 bits per heavy atom. The number of hydrogen-bond donors (Lipinski definition) is 1. The van der Waals surface area contributed by atoms with Gasteiger partial charge >= 0.3 is 6.18 Å². The second kappa shape index (κ2) is 6.27. The van der Waals surface area contributed by atoms with Gasteiger partial charge in [0.2, 0.25) is 0 Å². The number of carbonyl (C=O) groups is 1. The van der Waals surface area contributed by atoms with Gasteiger partial charge < -0.3 is 14.5 Å². The van der Waals surface area contributed by atoms with Crippen LogP contribution in [0.2, 0.25) is 0 Å². The molecule has 0 radical (unpaired) electrons. The predicted octanol–water partition coefficient (Wildman–Crippen LogP) is 2.66. The number of carbonyl (C=O) groups excluding carboxylic acids is 1. The number of nitrogens with one attached hydrogen (secondary N) is 1. The van der Waals surface area contributed by atoms with E-state index in [1.165, 1.54) is 6.07 Å². The third-order valence-electron chi connectivity index (χ3n) is 4.35. The largest absolute Gasteiger partial charge is 0.432 e. The number of imidazole rings is 1. The summed E-state index contributed by atoms with van der Waals surface area (Å²) < 4.78 is 39.7. The fraction of sp³-hybridized carbons (Fsp3) is 0.438. The summed E-state index contributed by atoms with van der Waals surface area (Å²) in [5, 5.41) is 8.93. The molecule has 0 saturated carbocycles. The highest BCUT2D eigenvalue weighted by atomic mass is 19.4. The molecule has 1 saturated heterocycles. The van der Waals surface area contributed by atoms with Crippen molar-refractivity contribution in [1.82, 2.24) is 19.4 Å². The Bertz CT molecular complexity index is 830. The van der Waals surface area contributed by atoms with Gasteiger partial charge in [0.1, 0.15) is 23.3 Å². The summed E-state index contributed by atoms with van der Waals surface area (Å²) in [6.07, 6.45) is -0.783. The van der Waals surface area contributed by atoms with Gasteiger partial charge in [-0.1, -0.05) is 0 Å². The fourth-order valence-corrected chi connectivity index (χ4v) is 3.07. The molecule has 3 heterocycles. The number of alkyl halides is 3. The van der Waals surface area contributed by atoms with Crippen molar-refractivity contribution in [2.75, 3.05) is 13.1 Å². The molecule has 1 N–H and O–H groups in total. The van der Waals surface area contributed by atoms with Crippen molar-refractivity contribution in [3.05, 3.63) is 41.2 Å². The number of aromatic nitrogens is 3. The van der Waals surface area contributed by atoms with Crippen molar-refractivity contribution in [3.63, 3.8) is 0 Å². The molecule has 132 valence electrons. The van der Waals surface area contributed by atoms with E-state index in [4.69, 9.17) is 5.26 Å². The average molecular weight is 351 g/mol. The van der Waals surface area contributed by atoms with Crippen molar-refractivity contribution < 1.29 is 18.0 Å². The zero-order chi connectivity index (χ0) is 18.2. The van der Waals surface area contributed by atoms with E-state index in [0.717, 1.165) is 6.20 Å². The highest BCUT2D eigenvalue weighted by Crippen LogP contribution is 2.31. The van der Waals surface area contributed by atoms with Crippen LogP contribution in [0.3, 0.4) is 0 Å². The number of aryl methyl sites for hydroxylation is 1. The van der Waals surface area contributed by atoms with Gasteiger partial charge in [0, 0.05) is 32.3 Å². The van der Waals surface area contributed by atoms with Crippen molar-refractivity contribution in [1.29, 1.82) is 5.26 Å². The summed E-state index contributed by atoms with van der Waals surface area (Å²) in [7, 11) is 1.68. The highest BCUT2D eigenvalue weighted by molar-refractivity contribution is 5.93. The summed E-state index contributed by atoms with van der Waals surface area (Å²) in [5.74, 6) is -0.268. The first-order valence-corrected chi connectivity index (χ1v) is 7.77. The lowest BCUT2D eigenvalue weighted by Gasteiger charge is -2.32. The van der Waals surface area contributed by atoms with Gasteiger partial charge in [-0.2, -0.15) is 18.4 Å². The van der Waals surface area contributed by atoms with Gasteiger partial charge in [0.05, 0.1) is 11.8 Å². The molecule has 9 heteroatoms. The number of H-pyrrole nitrogens is 1. The number of nitriles is 1. The van der Waals surface area contributed by atoms with Crippen LogP contribution in [0.15, 0.2) is 18.5 Å². The second-order valence-electron chi connectivity index (χ2n) is 6.11. The molecular formula is C16H16F3N5O. The molecule has 25 heavy (non-hydrogen) atoms. The number of halogens is 3. The predicted molar refractivity (Wildman–Crippen MR) is 81.6 cm³/mol. The quantitative estimate of drug-likeness (QED) is 0.904. The van der Waals surface area contributed by atoms with E-state index in [1.54, 1.807) is 22.7 Å². The van der Waals surface area contributed by atoms with Crippen LogP contribution in [0.1, 0.15) is 46.3 Å². The summed E-state index contributed by atoms with van der Waals surface area (Å²) in [5.41, 5.74) is -0.111. The van der Waals surface area contributed by atoms with Crippen LogP contribution in [-0.2, 0) is 13.2 Å². The van der Waals surface area contributed by atoms with E-state index >= 15 is 0 Å². The SMILES string of the molecule is Cn1cc(C#N)cc1C(=O)N1CCC[C@H](c2ncc(C(F)(F)F)[nH]2)C1. The lowest BCUT2D eigenvalue weighted by Crippen LogP contribution is -2.40. The number of nitrogens with zero attached hydrogens (tertiary/aromatic N) is 4. The van der Waals surface area contributed by atoms with E-state index in [2.05, 4.69) is 9.97 Å². The normalized spacial score (nSPS) is 18.2. The van der Waals surface area contributed by atoms with Gasteiger partial charge in [0.25, 0.3) is 5.91 Å². The summed E-state index contributed by atoms with van der Waals surface area (Å²) in [6.45, 7) is 0.811. The van der Waals surface area contributed by atoms with E-state index < -0.39 is 11.9 Å². The number of rotatable bonds is 2. The molecule has 1 fully saturated rings. The van der Waals surface area contributed by atoms with Gasteiger partial charge in [-0.25, -0.2) is 4.98 Å². The first kappa shape index (κ1) is 17.1. The lowest BCUT2D eigenvalue weighted by molar-refractivity contribution is -0.141. The monoisotopic (exact) mass is 351 g/mol. The number of likely N-dealkylation sites (tertiary alicyclic amines) is 1. The highest BCUT2D eigenvalue weighted by Gasteiger charge is 2.35. The average Bonchev–Trinajstić information content (AvgIpc) is 3.21. The molecule has 1 amide bonds. The number of piperidine rings is 1. The van der Waals surface area contributed by atoms with Crippen LogP contribution in [0.5, 0.6) is 0 Å². The molecule has 0 spiro atoms. The van der Waals surface area contributed by atoms with Crippen molar-refractivity contribution >= 4 is 5.91 Å². The van der Waals surface area contributed by atoms with E-state index in [9.17, 15) is 18.0 Å². The third kappa shape index (κ3) is 3.38. The third-order valence-corrected chi connectivity index (χ3v) is 4.35. The second-order valence-corrected chi connectivity index (χ2v) is 6.11. The molecule has 6 nitrogen and oxygen atoms in total. The van der Waals surface area contributed by atoms with Gasteiger partial charge in [-0.3, -0.25) is 4.79 Å². The topological polar surface area (TPSA) is 77.7 Å². The van der Waals surface area contributed by atoms with Crippen LogP contribution < -0.4 is 0 Å². The fourth-order valence-electron chi connectivity index (χ4n) is 3.07. The Hall–Kier alpha value is -2.76. The number of amides is 1. The van der Waals surface area contributed by atoms with Gasteiger partial charge in [-0.05, 0) is 18.9 Å². The lowest BCUT2D eigenvalue weighted by atomic mass is 9.97. The minimum absolute atomic E-state index is 0.240. The Kier molecular flexibility index (Phi) is 4.29. The van der Waals surface area contributed by atoms with Gasteiger partial charge in [-0.15, -0.1) is 0 Å². The first-order valence-electron chi connectivity index (χ1n) is 7.77. The van der Waals surface area contributed by atoms with Gasteiger partial charge in [0.15, 0.2) is 0 Å². The Labute approximate surface area is 141 Å². The van der Waals surface area contributed by atoms with E-state index in [0.29, 0.717) is 30.6 Å². The van der Waals surface area contributed by atoms with Crippen molar-refractivity contribution in [2.24, 2.45) is 7.05 Å². The molecule has 1 aliphatic heterocycles. The summed E-state index contributed by atoms with van der Waals surface area (Å²) in [6, 6.07) is 3.50. The minimum Gasteiger partial charge on any atom is -0.345 e. The first-order chi connectivity index (χ1) is 11.8. The van der Waals surface area contributed by atoms with Crippen LogP contribution in [0.25, 0.3) is 0 Å². The molecule has 3 rings (SSSR count). The summed E-state index contributed by atoms with van der Waals surface area (Å²) >= 11 is 0. The Balaban J connectivity index is 1.77. The van der Waals surface area contributed by atoms with Crippen LogP contribution in [-0.4, -0.2) is 38.4 Å². The molecule has 1 atom stereocenters. The zero-order valence-corrected chi connectivity index (χ0v) is 13.5. The van der Waals surface area contributed by atoms with Crippen molar-refractivity contribution in [3.8, 4) is 6.07 Å². The van der Waals surface area contributed by atoms with E-state index in [1.807, 2.05) is 6.07 Å². The number of aromatic amines is 1.